The molecular formula is C15H12BrN3O. The molecule has 0 heterocycles. The van der Waals surface area contributed by atoms with Crippen molar-refractivity contribution in [3.63, 3.8) is 0 Å². The number of nitrogens with two attached hydrogens (primary N) is 1. The van der Waals surface area contributed by atoms with Crippen molar-refractivity contribution in [1.29, 1.82) is 5.26 Å². The number of hydrogen-bond donors (Lipinski definition) is 2. The molecule has 0 saturated heterocycles. The molecule has 0 unspecified atom stereocenters. The minimum Gasteiger partial charge on any atom is -0.398 e. The van der Waals surface area contributed by atoms with Gasteiger partial charge in [-0.2, -0.15) is 5.26 Å². The summed E-state index contributed by atoms with van der Waals surface area (Å²) >= 11 is 3.37. The van der Waals surface area contributed by atoms with E-state index in [1.807, 2.05) is 6.07 Å². The lowest BCUT2D eigenvalue weighted by atomic mass is 10.1. The van der Waals surface area contributed by atoms with E-state index < -0.39 is 0 Å². The Balaban J connectivity index is 2.36. The second-order valence-electron chi connectivity index (χ2n) is 4.28. The Hall–Kier alpha value is -2.32. The number of nitrogens with one attached hydrogen (secondary N) is 1. The first-order chi connectivity index (χ1) is 9.51. The van der Waals surface area contributed by atoms with Gasteiger partial charge in [0.15, 0.2) is 5.78 Å². The zero-order chi connectivity index (χ0) is 14.7. The average Bonchev–Trinajstić information content (AvgIpc) is 2.38. The zero-order valence-corrected chi connectivity index (χ0v) is 12.4. The topological polar surface area (TPSA) is 78.9 Å². The lowest BCUT2D eigenvalue weighted by Crippen LogP contribution is -2.01. The highest BCUT2D eigenvalue weighted by Gasteiger charge is 2.07. The van der Waals surface area contributed by atoms with Crippen molar-refractivity contribution < 1.29 is 4.79 Å². The van der Waals surface area contributed by atoms with Gasteiger partial charge in [-0.1, -0.05) is 15.9 Å². The van der Waals surface area contributed by atoms with Gasteiger partial charge < -0.3 is 11.1 Å². The van der Waals surface area contributed by atoms with Crippen LogP contribution in [-0.2, 0) is 0 Å². The van der Waals surface area contributed by atoms with Crippen LogP contribution >= 0.6 is 15.9 Å². The number of hydrogen-bond acceptors (Lipinski definition) is 4. The maximum Gasteiger partial charge on any atom is 0.161 e. The Labute approximate surface area is 125 Å². The number of rotatable bonds is 3. The summed E-state index contributed by atoms with van der Waals surface area (Å²) in [5.74, 6) is -0.0748. The molecule has 0 atom stereocenters. The fraction of sp³-hybridized carbons (Fsp3) is 0.0667. The smallest absolute Gasteiger partial charge is 0.161 e. The van der Waals surface area contributed by atoms with E-state index in [9.17, 15) is 4.79 Å². The third-order valence-corrected chi connectivity index (χ3v) is 3.31. The maximum absolute atomic E-state index is 11.3. The first-order valence-corrected chi connectivity index (χ1v) is 6.67. The van der Waals surface area contributed by atoms with Gasteiger partial charge in [-0.3, -0.25) is 4.79 Å². The Morgan fingerprint density at radius 3 is 2.65 bits per heavy atom. The molecule has 100 valence electrons. The summed E-state index contributed by atoms with van der Waals surface area (Å²) in [5, 5.41) is 12.2. The van der Waals surface area contributed by atoms with Crippen LogP contribution in [0.25, 0.3) is 0 Å². The molecule has 0 spiro atoms. The summed E-state index contributed by atoms with van der Waals surface area (Å²) < 4.78 is 0.868. The predicted octanol–water partition coefficient (Wildman–Crippen LogP) is 3.85. The van der Waals surface area contributed by atoms with Crippen LogP contribution < -0.4 is 11.1 Å². The van der Waals surface area contributed by atoms with Gasteiger partial charge in [-0.15, -0.1) is 0 Å². The van der Waals surface area contributed by atoms with Gasteiger partial charge in [-0.05, 0) is 43.3 Å². The molecule has 0 aliphatic carbocycles. The van der Waals surface area contributed by atoms with Crippen molar-refractivity contribution >= 4 is 38.8 Å². The number of carbonyl (C=O) groups is 1. The van der Waals surface area contributed by atoms with Crippen molar-refractivity contribution in [2.75, 3.05) is 11.1 Å². The molecule has 0 amide bonds. The molecule has 4 nitrogen and oxygen atoms in total. The van der Waals surface area contributed by atoms with Gasteiger partial charge in [0.25, 0.3) is 0 Å². The molecule has 2 rings (SSSR count). The summed E-state index contributed by atoms with van der Waals surface area (Å²) in [7, 11) is 0. The fourth-order valence-electron chi connectivity index (χ4n) is 1.83. The summed E-state index contributed by atoms with van der Waals surface area (Å²) in [5.41, 5.74) is 8.68. The molecule has 5 heteroatoms. The number of ketones is 1. The normalized spacial score (nSPS) is 9.85. The molecule has 20 heavy (non-hydrogen) atoms. The molecule has 0 aliphatic heterocycles. The van der Waals surface area contributed by atoms with Gasteiger partial charge in [-0.25, -0.2) is 0 Å². The van der Waals surface area contributed by atoms with E-state index in [1.54, 1.807) is 30.3 Å². The molecule has 3 N–H and O–H groups in total. The van der Waals surface area contributed by atoms with Crippen LogP contribution in [-0.4, -0.2) is 5.78 Å². The van der Waals surface area contributed by atoms with Crippen LogP contribution in [0.4, 0.5) is 17.1 Å². The second kappa shape index (κ2) is 5.76. The Morgan fingerprint density at radius 1 is 1.30 bits per heavy atom. The third kappa shape index (κ3) is 2.98. The van der Waals surface area contributed by atoms with Crippen LogP contribution in [0.1, 0.15) is 22.8 Å². The van der Waals surface area contributed by atoms with Gasteiger partial charge in [0, 0.05) is 21.4 Å². The molecule has 0 radical (unpaired) electrons. The Kier molecular flexibility index (Phi) is 4.06. The van der Waals surface area contributed by atoms with Crippen LogP contribution in [0.15, 0.2) is 40.9 Å². The lowest BCUT2D eigenvalue weighted by molar-refractivity contribution is 0.101. The highest BCUT2D eigenvalue weighted by Crippen LogP contribution is 2.26. The quantitative estimate of drug-likeness (QED) is 0.662. The van der Waals surface area contributed by atoms with Crippen molar-refractivity contribution in [3.05, 3.63) is 52.0 Å². The summed E-state index contributed by atoms with van der Waals surface area (Å²) in [6, 6.07) is 12.6. The fourth-order valence-corrected chi connectivity index (χ4v) is 2.20. The molecule has 2 aromatic carbocycles. The first-order valence-electron chi connectivity index (χ1n) is 5.88. The van der Waals surface area contributed by atoms with E-state index in [4.69, 9.17) is 11.0 Å². The number of benzene rings is 2. The average molecular weight is 330 g/mol. The second-order valence-corrected chi connectivity index (χ2v) is 5.20. The predicted molar refractivity (Wildman–Crippen MR) is 83.0 cm³/mol. The number of nitrogens with zero attached hydrogens (tertiary/aromatic N) is 1. The number of nitrogen functional groups attached to an aromatic ring is 1. The van der Waals surface area contributed by atoms with Gasteiger partial charge in [0.05, 0.1) is 11.3 Å². The zero-order valence-electron chi connectivity index (χ0n) is 10.8. The molecule has 2 aromatic rings. The molecule has 0 aromatic heterocycles. The van der Waals surface area contributed by atoms with Crippen molar-refractivity contribution in [3.8, 4) is 6.07 Å². The standard InChI is InChI=1S/C15H12BrN3O/c1-9(20)13-5-4-12(7-14(13)18)19-15-6-11(16)3-2-10(15)8-17/h2-7,19H,18H2,1H3. The number of halogens is 1. The number of nitriles is 1. The molecule has 0 saturated carbocycles. The molecule has 0 aliphatic rings. The summed E-state index contributed by atoms with van der Waals surface area (Å²) in [6.07, 6.45) is 0. The lowest BCUT2D eigenvalue weighted by Gasteiger charge is -2.10. The van der Waals surface area contributed by atoms with Crippen molar-refractivity contribution in [2.24, 2.45) is 0 Å². The van der Waals surface area contributed by atoms with Gasteiger partial charge >= 0.3 is 0 Å². The van der Waals surface area contributed by atoms with Crippen LogP contribution in [0, 0.1) is 11.3 Å². The maximum atomic E-state index is 11.3. The number of carbonyl (C=O) groups excluding carboxylic acids is 1. The van der Waals surface area contributed by atoms with Crippen LogP contribution in [0.3, 0.4) is 0 Å². The van der Waals surface area contributed by atoms with E-state index in [0.717, 1.165) is 10.2 Å². The summed E-state index contributed by atoms with van der Waals surface area (Å²) in [4.78, 5) is 11.3. The largest absolute Gasteiger partial charge is 0.398 e. The third-order valence-electron chi connectivity index (χ3n) is 2.81. The van der Waals surface area contributed by atoms with Crippen molar-refractivity contribution in [1.82, 2.24) is 0 Å². The molecular weight excluding hydrogens is 318 g/mol. The highest BCUT2D eigenvalue weighted by atomic mass is 79.9. The highest BCUT2D eigenvalue weighted by molar-refractivity contribution is 9.10. The van der Waals surface area contributed by atoms with Gasteiger partial charge in [0.2, 0.25) is 0 Å². The minimum absolute atomic E-state index is 0.0748. The van der Waals surface area contributed by atoms with Gasteiger partial charge in [0.1, 0.15) is 6.07 Å². The monoisotopic (exact) mass is 329 g/mol. The number of Topliss-reactive ketones (excluding diaryl/α,β-unsaturated/α-hetero) is 1. The Morgan fingerprint density at radius 2 is 2.05 bits per heavy atom. The van der Waals surface area contributed by atoms with E-state index in [1.165, 1.54) is 6.92 Å². The first kappa shape index (κ1) is 14.1. The van der Waals surface area contributed by atoms with E-state index >= 15 is 0 Å². The molecule has 0 fully saturated rings. The van der Waals surface area contributed by atoms with E-state index in [-0.39, 0.29) is 5.78 Å². The summed E-state index contributed by atoms with van der Waals surface area (Å²) in [6.45, 7) is 1.47. The van der Waals surface area contributed by atoms with Crippen molar-refractivity contribution in [2.45, 2.75) is 6.92 Å². The SMILES string of the molecule is CC(=O)c1ccc(Nc2cc(Br)ccc2C#N)cc1N. The van der Waals surface area contributed by atoms with E-state index in [2.05, 4.69) is 27.3 Å². The van der Waals surface area contributed by atoms with Crippen LogP contribution in [0.2, 0.25) is 0 Å². The van der Waals surface area contributed by atoms with E-state index in [0.29, 0.717) is 22.5 Å². The van der Waals surface area contributed by atoms with Crippen LogP contribution in [0.5, 0.6) is 0 Å². The number of anilines is 3. The minimum atomic E-state index is -0.0748. The molecule has 0 bridgehead atoms. The Bertz CT molecular complexity index is 720.